The lowest BCUT2D eigenvalue weighted by Crippen LogP contribution is -2.38. The Morgan fingerprint density at radius 1 is 1.21 bits per heavy atom. The minimum absolute atomic E-state index is 0. The van der Waals surface area contributed by atoms with Gasteiger partial charge in [0.1, 0.15) is 11.6 Å². The third kappa shape index (κ3) is 7.71. The number of rotatable bonds is 8. The third-order valence-electron chi connectivity index (χ3n) is 3.98. The lowest BCUT2D eigenvalue weighted by molar-refractivity contribution is 0.414. The first kappa shape index (κ1) is 24.3. The molecule has 0 amide bonds. The largest absolute Gasteiger partial charge is 0.497 e. The van der Waals surface area contributed by atoms with Gasteiger partial charge in [-0.05, 0) is 48.7 Å². The Kier molecular flexibility index (Phi) is 11.0. The Morgan fingerprint density at radius 3 is 2.64 bits per heavy atom. The van der Waals surface area contributed by atoms with Crippen LogP contribution in [0.2, 0.25) is 5.02 Å². The molecular formula is C20H29ClIN5O. The molecule has 0 saturated carbocycles. The number of hydrogen-bond acceptors (Lipinski definition) is 4. The number of pyridine rings is 1. The van der Waals surface area contributed by atoms with Gasteiger partial charge < -0.3 is 20.3 Å². The molecule has 0 saturated heterocycles. The fourth-order valence-electron chi connectivity index (χ4n) is 2.49. The van der Waals surface area contributed by atoms with Crippen LogP contribution in [0.15, 0.2) is 41.5 Å². The number of nitrogens with one attached hydrogen (secondary N) is 2. The predicted octanol–water partition coefficient (Wildman–Crippen LogP) is 3.73. The fourth-order valence-corrected chi connectivity index (χ4v) is 2.75. The number of aliphatic imine (C=N–C) groups is 1. The average molecular weight is 518 g/mol. The van der Waals surface area contributed by atoms with Gasteiger partial charge in [0, 0.05) is 38.4 Å². The molecule has 2 N–H and O–H groups in total. The summed E-state index contributed by atoms with van der Waals surface area (Å²) in [5.41, 5.74) is 2.19. The van der Waals surface area contributed by atoms with E-state index in [2.05, 4.69) is 20.6 Å². The van der Waals surface area contributed by atoms with Crippen molar-refractivity contribution in [2.75, 3.05) is 39.2 Å². The van der Waals surface area contributed by atoms with Gasteiger partial charge in [-0.25, -0.2) is 9.98 Å². The van der Waals surface area contributed by atoms with E-state index < -0.39 is 0 Å². The van der Waals surface area contributed by atoms with E-state index in [9.17, 15) is 0 Å². The zero-order valence-corrected chi connectivity index (χ0v) is 19.9. The molecule has 154 valence electrons. The van der Waals surface area contributed by atoms with Crippen molar-refractivity contribution < 1.29 is 4.74 Å². The second-order valence-electron chi connectivity index (χ2n) is 6.25. The summed E-state index contributed by atoms with van der Waals surface area (Å²) in [7, 11) is 5.59. The molecule has 0 spiro atoms. The first-order valence-corrected chi connectivity index (χ1v) is 9.38. The predicted molar refractivity (Wildman–Crippen MR) is 129 cm³/mol. The Labute approximate surface area is 189 Å². The summed E-state index contributed by atoms with van der Waals surface area (Å²) >= 11 is 6.30. The highest BCUT2D eigenvalue weighted by atomic mass is 127. The molecule has 8 heteroatoms. The number of benzene rings is 1. The second-order valence-corrected chi connectivity index (χ2v) is 6.65. The standard InChI is InChI=1S/C20H28ClN5O.HI/c1-5-22-20(25-14-15-8-10-23-19(12-15)26(2)3)24-11-9-16-6-7-17(27-4)13-18(16)21;/h6-8,10,12-13H,5,9,11,14H2,1-4H3,(H2,22,24,25);1H. The Morgan fingerprint density at radius 2 is 2.00 bits per heavy atom. The number of nitrogens with zero attached hydrogens (tertiary/aromatic N) is 3. The van der Waals surface area contributed by atoms with Crippen LogP contribution in [-0.4, -0.2) is 45.2 Å². The summed E-state index contributed by atoms with van der Waals surface area (Å²) in [5, 5.41) is 7.34. The van der Waals surface area contributed by atoms with Gasteiger partial charge in [-0.1, -0.05) is 17.7 Å². The molecule has 28 heavy (non-hydrogen) atoms. The highest BCUT2D eigenvalue weighted by Gasteiger charge is 2.04. The molecule has 0 atom stereocenters. The third-order valence-corrected chi connectivity index (χ3v) is 4.33. The number of ether oxygens (including phenoxy) is 1. The summed E-state index contributed by atoms with van der Waals surface area (Å²) in [6.45, 7) is 4.17. The summed E-state index contributed by atoms with van der Waals surface area (Å²) in [4.78, 5) is 11.0. The summed E-state index contributed by atoms with van der Waals surface area (Å²) in [6.07, 6.45) is 2.61. The molecule has 6 nitrogen and oxygen atoms in total. The number of hydrogen-bond donors (Lipinski definition) is 2. The van der Waals surface area contributed by atoms with Gasteiger partial charge in [-0.2, -0.15) is 0 Å². The van der Waals surface area contributed by atoms with Gasteiger partial charge in [-0.3, -0.25) is 0 Å². The van der Waals surface area contributed by atoms with Crippen LogP contribution in [0.25, 0.3) is 0 Å². The molecule has 2 aromatic rings. The van der Waals surface area contributed by atoms with E-state index in [4.69, 9.17) is 16.3 Å². The van der Waals surface area contributed by atoms with Crippen LogP contribution in [0.4, 0.5) is 5.82 Å². The second kappa shape index (κ2) is 12.7. The minimum atomic E-state index is 0. The van der Waals surface area contributed by atoms with E-state index in [1.807, 2.05) is 62.4 Å². The lowest BCUT2D eigenvalue weighted by atomic mass is 10.1. The van der Waals surface area contributed by atoms with E-state index in [1.165, 1.54) is 0 Å². The average Bonchev–Trinajstić information content (AvgIpc) is 2.67. The molecule has 1 aromatic carbocycles. The maximum absolute atomic E-state index is 6.30. The normalized spacial score (nSPS) is 10.8. The Hall–Kier alpha value is -1.74. The van der Waals surface area contributed by atoms with Gasteiger partial charge >= 0.3 is 0 Å². The number of methoxy groups -OCH3 is 1. The van der Waals surface area contributed by atoms with Crippen molar-refractivity contribution in [3.63, 3.8) is 0 Å². The van der Waals surface area contributed by atoms with Gasteiger partial charge in [-0.15, -0.1) is 24.0 Å². The van der Waals surface area contributed by atoms with Gasteiger partial charge in [0.2, 0.25) is 0 Å². The SMILES string of the molecule is CCNC(=NCc1ccnc(N(C)C)c1)NCCc1ccc(OC)cc1Cl.I. The van der Waals surface area contributed by atoms with Crippen molar-refractivity contribution in [2.45, 2.75) is 19.9 Å². The van der Waals surface area contributed by atoms with E-state index in [0.717, 1.165) is 48.2 Å². The van der Waals surface area contributed by atoms with Crippen LogP contribution < -0.4 is 20.3 Å². The maximum Gasteiger partial charge on any atom is 0.191 e. The number of halogens is 2. The van der Waals surface area contributed by atoms with Crippen LogP contribution in [0, 0.1) is 0 Å². The lowest BCUT2D eigenvalue weighted by Gasteiger charge is -2.13. The first-order valence-electron chi connectivity index (χ1n) is 9.00. The van der Waals surface area contributed by atoms with Gasteiger partial charge in [0.05, 0.1) is 13.7 Å². The van der Waals surface area contributed by atoms with Gasteiger partial charge in [0.15, 0.2) is 5.96 Å². The molecule has 1 heterocycles. The van der Waals surface area contributed by atoms with E-state index in [-0.39, 0.29) is 24.0 Å². The highest BCUT2D eigenvalue weighted by molar-refractivity contribution is 14.0. The smallest absolute Gasteiger partial charge is 0.191 e. The van der Waals surface area contributed by atoms with E-state index in [1.54, 1.807) is 7.11 Å². The molecule has 0 aliphatic carbocycles. The van der Waals surface area contributed by atoms with Crippen molar-refractivity contribution >= 4 is 47.4 Å². The van der Waals surface area contributed by atoms with E-state index in [0.29, 0.717) is 11.6 Å². The molecule has 1 aromatic heterocycles. The topological polar surface area (TPSA) is 61.8 Å². The van der Waals surface area contributed by atoms with Crippen LogP contribution in [0.1, 0.15) is 18.1 Å². The zero-order valence-electron chi connectivity index (χ0n) is 16.8. The summed E-state index contributed by atoms with van der Waals surface area (Å²) in [6, 6.07) is 9.78. The van der Waals surface area contributed by atoms with Crippen LogP contribution in [-0.2, 0) is 13.0 Å². The molecule has 2 rings (SSSR count). The molecule has 0 aliphatic rings. The zero-order chi connectivity index (χ0) is 19.6. The number of guanidine groups is 1. The van der Waals surface area contributed by atoms with Crippen LogP contribution in [0.5, 0.6) is 5.75 Å². The molecule has 0 fully saturated rings. The van der Waals surface area contributed by atoms with Crippen LogP contribution in [0.3, 0.4) is 0 Å². The highest BCUT2D eigenvalue weighted by Crippen LogP contribution is 2.22. The Bertz CT molecular complexity index is 770. The van der Waals surface area contributed by atoms with Crippen molar-refractivity contribution in [3.05, 3.63) is 52.7 Å². The Balaban J connectivity index is 0.00000392. The monoisotopic (exact) mass is 517 g/mol. The first-order chi connectivity index (χ1) is 13.0. The molecule has 0 bridgehead atoms. The maximum atomic E-state index is 6.30. The van der Waals surface area contributed by atoms with Crippen molar-refractivity contribution in [1.82, 2.24) is 15.6 Å². The van der Waals surface area contributed by atoms with Crippen molar-refractivity contribution in [2.24, 2.45) is 4.99 Å². The number of anilines is 1. The molecule has 0 radical (unpaired) electrons. The van der Waals surface area contributed by atoms with Crippen LogP contribution >= 0.6 is 35.6 Å². The molecule has 0 unspecified atom stereocenters. The summed E-state index contributed by atoms with van der Waals surface area (Å²) in [5.74, 6) is 2.47. The molecular weight excluding hydrogens is 489 g/mol. The number of aromatic nitrogens is 1. The van der Waals surface area contributed by atoms with Crippen molar-refractivity contribution in [1.29, 1.82) is 0 Å². The molecule has 0 aliphatic heterocycles. The van der Waals surface area contributed by atoms with Crippen molar-refractivity contribution in [3.8, 4) is 5.75 Å². The van der Waals surface area contributed by atoms with Gasteiger partial charge in [0.25, 0.3) is 0 Å². The fraction of sp³-hybridized carbons (Fsp3) is 0.400. The minimum Gasteiger partial charge on any atom is -0.497 e. The quantitative estimate of drug-likeness (QED) is 0.317. The summed E-state index contributed by atoms with van der Waals surface area (Å²) < 4.78 is 5.19. The van der Waals surface area contributed by atoms with E-state index >= 15 is 0 Å².